The van der Waals surface area contributed by atoms with Gasteiger partial charge < -0.3 is 16.0 Å². The zero-order chi connectivity index (χ0) is 13.9. The molecule has 104 valence electrons. The first-order valence-electron chi connectivity index (χ1n) is 6.82. The van der Waals surface area contributed by atoms with E-state index < -0.39 is 0 Å². The van der Waals surface area contributed by atoms with Gasteiger partial charge in [-0.15, -0.1) is 0 Å². The molecule has 1 aliphatic heterocycles. The molecule has 2 rings (SSSR count). The van der Waals surface area contributed by atoms with E-state index in [-0.39, 0.29) is 11.3 Å². The molecule has 0 radical (unpaired) electrons. The molecular weight excluding hydrogens is 238 g/mol. The van der Waals surface area contributed by atoms with E-state index in [1.807, 2.05) is 14.1 Å². The van der Waals surface area contributed by atoms with Crippen LogP contribution < -0.4 is 16.0 Å². The van der Waals surface area contributed by atoms with Crippen LogP contribution in [-0.4, -0.2) is 33.1 Å². The van der Waals surface area contributed by atoms with Gasteiger partial charge >= 0.3 is 0 Å². The number of rotatable bonds is 3. The molecule has 0 bridgehead atoms. The predicted octanol–water partition coefficient (Wildman–Crippen LogP) is 1.25. The summed E-state index contributed by atoms with van der Waals surface area (Å²) in [5.41, 5.74) is 8.15. The molecule has 1 aromatic rings. The first-order chi connectivity index (χ1) is 9.07. The van der Waals surface area contributed by atoms with Crippen molar-refractivity contribution in [3.05, 3.63) is 29.8 Å². The van der Waals surface area contributed by atoms with E-state index in [1.54, 1.807) is 0 Å². The third kappa shape index (κ3) is 2.89. The van der Waals surface area contributed by atoms with Gasteiger partial charge in [0.25, 0.3) is 0 Å². The molecule has 1 saturated heterocycles. The lowest BCUT2D eigenvalue weighted by molar-refractivity contribution is -0.121. The number of carbonyl (C=O) groups excluding carboxylic acids is 1. The Bertz CT molecular complexity index is 441. The number of amides is 1. The van der Waals surface area contributed by atoms with Crippen molar-refractivity contribution in [3.63, 3.8) is 0 Å². The summed E-state index contributed by atoms with van der Waals surface area (Å²) >= 11 is 0. The normalized spacial score (nSPS) is 23.6. The summed E-state index contributed by atoms with van der Waals surface area (Å²) in [5.74, 6) is 0.111. The monoisotopic (exact) mass is 261 g/mol. The van der Waals surface area contributed by atoms with Gasteiger partial charge in [-0.3, -0.25) is 4.79 Å². The average molecular weight is 261 g/mol. The van der Waals surface area contributed by atoms with Gasteiger partial charge in [0.15, 0.2) is 0 Å². The lowest BCUT2D eigenvalue weighted by Crippen LogP contribution is -2.38. The van der Waals surface area contributed by atoms with Gasteiger partial charge in [-0.25, -0.2) is 0 Å². The number of nitrogens with two attached hydrogens (primary N) is 1. The average Bonchev–Trinajstić information content (AvgIpc) is 2.61. The molecule has 0 aromatic heterocycles. The molecule has 0 aliphatic carbocycles. The van der Waals surface area contributed by atoms with Crippen LogP contribution in [0, 0.1) is 0 Å². The molecule has 4 nitrogen and oxygen atoms in total. The standard InChI is InChI=1S/C15H23N3O/c1-18(2)13-6-4-12(5-7-13)15(11-16)8-3-9-17-14(19)10-15/h4-7H,3,8-11,16H2,1-2H3,(H,17,19). The van der Waals surface area contributed by atoms with Crippen LogP contribution in [0.25, 0.3) is 0 Å². The van der Waals surface area contributed by atoms with Gasteiger partial charge in [-0.1, -0.05) is 12.1 Å². The third-order valence-electron chi connectivity index (χ3n) is 4.04. The number of nitrogens with zero attached hydrogens (tertiary/aromatic N) is 1. The molecule has 1 heterocycles. The van der Waals surface area contributed by atoms with Gasteiger partial charge in [0.05, 0.1) is 0 Å². The van der Waals surface area contributed by atoms with Crippen molar-refractivity contribution in [2.75, 3.05) is 32.1 Å². The summed E-state index contributed by atoms with van der Waals surface area (Å²) in [4.78, 5) is 13.9. The molecule has 1 atom stereocenters. The number of hydrogen-bond donors (Lipinski definition) is 2. The number of nitrogens with one attached hydrogen (secondary N) is 1. The first kappa shape index (κ1) is 13.9. The van der Waals surface area contributed by atoms with Crippen molar-refractivity contribution in [1.82, 2.24) is 5.32 Å². The second-order valence-electron chi connectivity index (χ2n) is 5.56. The summed E-state index contributed by atoms with van der Waals surface area (Å²) in [5, 5.41) is 2.93. The van der Waals surface area contributed by atoms with E-state index in [4.69, 9.17) is 5.73 Å². The second kappa shape index (κ2) is 5.61. The maximum Gasteiger partial charge on any atom is 0.220 e. The Labute approximate surface area is 115 Å². The Balaban J connectivity index is 2.31. The molecule has 3 N–H and O–H groups in total. The van der Waals surface area contributed by atoms with Crippen molar-refractivity contribution in [1.29, 1.82) is 0 Å². The lowest BCUT2D eigenvalue weighted by atomic mass is 9.74. The Kier molecular flexibility index (Phi) is 4.10. The van der Waals surface area contributed by atoms with E-state index >= 15 is 0 Å². The van der Waals surface area contributed by atoms with Crippen LogP contribution in [0.5, 0.6) is 0 Å². The number of anilines is 1. The van der Waals surface area contributed by atoms with Crippen molar-refractivity contribution in [3.8, 4) is 0 Å². The van der Waals surface area contributed by atoms with E-state index in [9.17, 15) is 4.79 Å². The van der Waals surface area contributed by atoms with Crippen molar-refractivity contribution in [2.45, 2.75) is 24.7 Å². The highest BCUT2D eigenvalue weighted by Gasteiger charge is 2.34. The summed E-state index contributed by atoms with van der Waals surface area (Å²) in [6.45, 7) is 1.28. The fourth-order valence-electron chi connectivity index (χ4n) is 2.76. The second-order valence-corrected chi connectivity index (χ2v) is 5.56. The molecule has 1 aliphatic rings. The summed E-state index contributed by atoms with van der Waals surface area (Å²) in [6.07, 6.45) is 2.44. The molecule has 0 spiro atoms. The Morgan fingerprint density at radius 3 is 2.58 bits per heavy atom. The van der Waals surface area contributed by atoms with Crippen molar-refractivity contribution >= 4 is 11.6 Å². The zero-order valence-corrected chi connectivity index (χ0v) is 11.8. The summed E-state index contributed by atoms with van der Waals surface area (Å²) in [6, 6.07) is 8.41. The van der Waals surface area contributed by atoms with E-state index in [0.29, 0.717) is 13.0 Å². The SMILES string of the molecule is CN(C)c1ccc(C2(CN)CCCNC(=O)C2)cc1. The van der Waals surface area contributed by atoms with E-state index in [2.05, 4.69) is 34.5 Å². The van der Waals surface area contributed by atoms with Crippen LogP contribution in [0.3, 0.4) is 0 Å². The highest BCUT2D eigenvalue weighted by molar-refractivity contribution is 5.78. The van der Waals surface area contributed by atoms with Crippen LogP contribution in [0.2, 0.25) is 0 Å². The molecule has 1 aromatic carbocycles. The Morgan fingerprint density at radius 1 is 1.32 bits per heavy atom. The molecule has 1 unspecified atom stereocenters. The molecular formula is C15H23N3O. The maximum absolute atomic E-state index is 11.8. The Morgan fingerprint density at radius 2 is 2.00 bits per heavy atom. The Hall–Kier alpha value is -1.55. The number of hydrogen-bond acceptors (Lipinski definition) is 3. The minimum atomic E-state index is -0.203. The summed E-state index contributed by atoms with van der Waals surface area (Å²) in [7, 11) is 4.04. The lowest BCUT2D eigenvalue weighted by Gasteiger charge is -2.31. The van der Waals surface area contributed by atoms with Crippen LogP contribution in [0.15, 0.2) is 24.3 Å². The molecule has 4 heteroatoms. The topological polar surface area (TPSA) is 58.4 Å². The predicted molar refractivity (Wildman–Crippen MR) is 78.4 cm³/mol. The minimum absolute atomic E-state index is 0.111. The molecule has 1 amide bonds. The van der Waals surface area contributed by atoms with Gasteiger partial charge in [0.2, 0.25) is 5.91 Å². The van der Waals surface area contributed by atoms with Crippen LogP contribution >= 0.6 is 0 Å². The van der Waals surface area contributed by atoms with Crippen molar-refractivity contribution in [2.24, 2.45) is 5.73 Å². The molecule has 1 fully saturated rings. The summed E-state index contributed by atoms with van der Waals surface area (Å²) < 4.78 is 0. The van der Waals surface area contributed by atoms with Crippen LogP contribution in [-0.2, 0) is 10.2 Å². The quantitative estimate of drug-likeness (QED) is 0.861. The highest BCUT2D eigenvalue weighted by Crippen LogP contribution is 2.34. The third-order valence-corrected chi connectivity index (χ3v) is 4.04. The van der Waals surface area contributed by atoms with E-state index in [0.717, 1.165) is 25.1 Å². The van der Waals surface area contributed by atoms with Crippen LogP contribution in [0.1, 0.15) is 24.8 Å². The largest absolute Gasteiger partial charge is 0.378 e. The maximum atomic E-state index is 11.8. The van der Waals surface area contributed by atoms with Gasteiger partial charge in [-0.2, -0.15) is 0 Å². The van der Waals surface area contributed by atoms with Crippen molar-refractivity contribution < 1.29 is 4.79 Å². The number of benzene rings is 1. The smallest absolute Gasteiger partial charge is 0.220 e. The molecule has 0 saturated carbocycles. The highest BCUT2D eigenvalue weighted by atomic mass is 16.1. The van der Waals surface area contributed by atoms with Gasteiger partial charge in [0.1, 0.15) is 0 Å². The van der Waals surface area contributed by atoms with Gasteiger partial charge in [0, 0.05) is 44.7 Å². The van der Waals surface area contributed by atoms with Crippen LogP contribution in [0.4, 0.5) is 5.69 Å². The number of carbonyl (C=O) groups is 1. The van der Waals surface area contributed by atoms with Gasteiger partial charge in [-0.05, 0) is 30.5 Å². The van der Waals surface area contributed by atoms with E-state index in [1.165, 1.54) is 5.56 Å². The zero-order valence-electron chi connectivity index (χ0n) is 11.8. The fourth-order valence-corrected chi connectivity index (χ4v) is 2.76. The molecule has 19 heavy (non-hydrogen) atoms. The minimum Gasteiger partial charge on any atom is -0.378 e. The fraction of sp³-hybridized carbons (Fsp3) is 0.533. The first-order valence-corrected chi connectivity index (χ1v) is 6.82.